The maximum atomic E-state index is 12.5. The van der Waals surface area contributed by atoms with Crippen LogP contribution in [0.25, 0.3) is 10.8 Å². The van der Waals surface area contributed by atoms with Crippen molar-refractivity contribution in [3.05, 3.63) is 41.5 Å². The van der Waals surface area contributed by atoms with Crippen LogP contribution in [0.4, 0.5) is 0 Å². The van der Waals surface area contributed by atoms with Gasteiger partial charge in [-0.1, -0.05) is 26.0 Å². The van der Waals surface area contributed by atoms with E-state index in [-0.39, 0.29) is 11.1 Å². The number of amides is 2. The van der Waals surface area contributed by atoms with Gasteiger partial charge in [-0.25, -0.2) is 0 Å². The molecule has 2 amide bonds. The lowest BCUT2D eigenvalue weighted by Crippen LogP contribution is -2.41. The summed E-state index contributed by atoms with van der Waals surface area (Å²) in [6, 6.07) is 8.52. The van der Waals surface area contributed by atoms with Crippen molar-refractivity contribution >= 4 is 44.5 Å². The van der Waals surface area contributed by atoms with Crippen molar-refractivity contribution in [2.24, 2.45) is 0 Å². The van der Waals surface area contributed by atoms with Gasteiger partial charge in [0, 0.05) is 15.5 Å². The zero-order valence-corrected chi connectivity index (χ0v) is 14.9. The van der Waals surface area contributed by atoms with Crippen LogP contribution in [0.5, 0.6) is 0 Å². The summed E-state index contributed by atoms with van der Waals surface area (Å²) in [6.07, 6.45) is 0.784. The molecule has 0 N–H and O–H groups in total. The molecule has 3 rings (SSSR count). The summed E-state index contributed by atoms with van der Waals surface area (Å²) >= 11 is 1.63. The Morgan fingerprint density at radius 2 is 1.67 bits per heavy atom. The number of carbonyl (C=O) groups is 2. The Labute approximate surface area is 143 Å². The molecule has 2 aromatic carbocycles. The van der Waals surface area contributed by atoms with Crippen LogP contribution >= 0.6 is 11.8 Å². The van der Waals surface area contributed by atoms with Crippen molar-refractivity contribution in [1.29, 1.82) is 0 Å². The van der Waals surface area contributed by atoms with E-state index >= 15 is 0 Å². The van der Waals surface area contributed by atoms with Crippen molar-refractivity contribution in [1.82, 2.24) is 5.06 Å². The van der Waals surface area contributed by atoms with Gasteiger partial charge >= 0.3 is 0 Å². The monoisotopic (exact) mass is 365 g/mol. The van der Waals surface area contributed by atoms with Gasteiger partial charge in [-0.3, -0.25) is 9.59 Å². The van der Waals surface area contributed by atoms with Crippen LogP contribution in [0.15, 0.2) is 35.2 Å². The quantitative estimate of drug-likeness (QED) is 0.612. The molecular weight excluding hydrogens is 350 g/mol. The first-order valence-electron chi connectivity index (χ1n) is 7.20. The first-order valence-corrected chi connectivity index (χ1v) is 9.89. The molecule has 0 aromatic heterocycles. The predicted octanol–water partition coefficient (Wildman–Crippen LogP) is 2.83. The molecule has 0 aliphatic carbocycles. The molecule has 1 heterocycles. The third-order valence-corrected chi connectivity index (χ3v) is 4.90. The Bertz CT molecular complexity index is 944. The van der Waals surface area contributed by atoms with Crippen LogP contribution in [0, 0.1) is 0 Å². The fraction of sp³-hybridized carbons (Fsp3) is 0.250. The number of hydrogen-bond donors (Lipinski definition) is 0. The number of carbonyl (C=O) groups excluding carboxylic acids is 2. The molecule has 0 spiro atoms. The second kappa shape index (κ2) is 5.87. The molecule has 0 radical (unpaired) electrons. The number of imide groups is 1. The fourth-order valence-electron chi connectivity index (χ4n) is 2.61. The maximum Gasteiger partial charge on any atom is 0.286 e. The third kappa shape index (κ3) is 2.92. The lowest BCUT2D eigenvalue weighted by Gasteiger charge is -2.25. The molecule has 24 heavy (non-hydrogen) atoms. The van der Waals surface area contributed by atoms with Crippen molar-refractivity contribution < 1.29 is 22.3 Å². The van der Waals surface area contributed by atoms with E-state index in [1.807, 2.05) is 6.07 Å². The highest BCUT2D eigenvalue weighted by Crippen LogP contribution is 2.37. The molecule has 0 atom stereocenters. The summed E-state index contributed by atoms with van der Waals surface area (Å²) in [5.41, 5.74) is 0.494. The van der Waals surface area contributed by atoms with E-state index in [0.717, 1.165) is 16.5 Å². The molecule has 8 heteroatoms. The van der Waals surface area contributed by atoms with E-state index in [1.165, 1.54) is 0 Å². The van der Waals surface area contributed by atoms with Crippen LogP contribution < -0.4 is 0 Å². The van der Waals surface area contributed by atoms with Crippen molar-refractivity contribution in [3.8, 4) is 0 Å². The van der Waals surface area contributed by atoms with Crippen molar-refractivity contribution in [3.63, 3.8) is 0 Å². The fourth-order valence-corrected chi connectivity index (χ4v) is 3.96. The first kappa shape index (κ1) is 16.9. The van der Waals surface area contributed by atoms with Crippen LogP contribution in [0.1, 0.15) is 34.6 Å². The number of benzene rings is 2. The van der Waals surface area contributed by atoms with Gasteiger partial charge in [-0.05, 0) is 23.6 Å². The molecule has 0 fully saturated rings. The highest BCUT2D eigenvalue weighted by atomic mass is 32.2. The van der Waals surface area contributed by atoms with Crippen molar-refractivity contribution in [2.45, 2.75) is 24.0 Å². The Balaban J connectivity index is 2.22. The minimum Gasteiger partial charge on any atom is -0.266 e. The van der Waals surface area contributed by atoms with E-state index in [0.29, 0.717) is 15.7 Å². The molecule has 0 saturated heterocycles. The van der Waals surface area contributed by atoms with E-state index in [4.69, 9.17) is 0 Å². The Morgan fingerprint density at radius 1 is 1.04 bits per heavy atom. The smallest absolute Gasteiger partial charge is 0.266 e. The van der Waals surface area contributed by atoms with E-state index in [9.17, 15) is 18.0 Å². The number of rotatable bonds is 4. The van der Waals surface area contributed by atoms with Gasteiger partial charge in [-0.2, -0.15) is 8.42 Å². The molecule has 0 unspecified atom stereocenters. The standard InChI is InChI=1S/C16H15NO5S2/c1-9(2)23-13-8-7-12-14-10(13)5-4-6-11(14)15(18)17(16(12)19)22-24(3,20)21/h4-9H,1-3H3. The number of hydrogen-bond acceptors (Lipinski definition) is 6. The van der Waals surface area contributed by atoms with Gasteiger partial charge in [0.15, 0.2) is 0 Å². The van der Waals surface area contributed by atoms with Gasteiger partial charge in [0.05, 0.1) is 17.4 Å². The van der Waals surface area contributed by atoms with E-state index < -0.39 is 21.9 Å². The molecule has 126 valence electrons. The van der Waals surface area contributed by atoms with Crippen molar-refractivity contribution in [2.75, 3.05) is 6.26 Å². The maximum absolute atomic E-state index is 12.5. The molecule has 2 aromatic rings. The molecule has 1 aliphatic heterocycles. The molecule has 1 aliphatic rings. The molecule has 0 saturated carbocycles. The average Bonchev–Trinajstić information content (AvgIpc) is 2.48. The van der Waals surface area contributed by atoms with Gasteiger partial charge in [0.1, 0.15) is 0 Å². The summed E-state index contributed by atoms with van der Waals surface area (Å²) in [5.74, 6) is -1.56. The Hall–Kier alpha value is -1.90. The van der Waals surface area contributed by atoms with Crippen LogP contribution in [-0.4, -0.2) is 36.8 Å². The minimum absolute atomic E-state index is 0.247. The average molecular weight is 365 g/mol. The Kier molecular flexibility index (Phi) is 4.15. The van der Waals surface area contributed by atoms with Gasteiger partial charge in [0.2, 0.25) is 0 Å². The topological polar surface area (TPSA) is 80.8 Å². The first-order chi connectivity index (χ1) is 11.2. The summed E-state index contributed by atoms with van der Waals surface area (Å²) in [4.78, 5) is 26.0. The van der Waals surface area contributed by atoms with Crippen LogP contribution in [-0.2, 0) is 14.4 Å². The second-order valence-corrected chi connectivity index (χ2v) is 8.86. The second-order valence-electron chi connectivity index (χ2n) is 5.69. The van der Waals surface area contributed by atoms with Gasteiger partial charge in [0.25, 0.3) is 21.9 Å². The number of hydroxylamine groups is 2. The number of nitrogens with zero attached hydrogens (tertiary/aromatic N) is 1. The summed E-state index contributed by atoms with van der Waals surface area (Å²) in [6.45, 7) is 4.11. The molecule has 6 nitrogen and oxygen atoms in total. The third-order valence-electron chi connectivity index (χ3n) is 3.40. The van der Waals surface area contributed by atoms with Gasteiger partial charge in [-0.15, -0.1) is 21.1 Å². The normalized spacial score (nSPS) is 14.8. The van der Waals surface area contributed by atoms with E-state index in [2.05, 4.69) is 18.1 Å². The largest absolute Gasteiger partial charge is 0.286 e. The summed E-state index contributed by atoms with van der Waals surface area (Å²) < 4.78 is 27.3. The van der Waals surface area contributed by atoms with Crippen LogP contribution in [0.2, 0.25) is 0 Å². The summed E-state index contributed by atoms with van der Waals surface area (Å²) in [7, 11) is -4.01. The Morgan fingerprint density at radius 3 is 2.25 bits per heavy atom. The highest BCUT2D eigenvalue weighted by Gasteiger charge is 2.36. The lowest BCUT2D eigenvalue weighted by atomic mass is 9.95. The number of thioether (sulfide) groups is 1. The molecular formula is C16H15NO5S2. The van der Waals surface area contributed by atoms with E-state index in [1.54, 1.807) is 36.0 Å². The summed E-state index contributed by atoms with van der Waals surface area (Å²) in [5, 5.41) is 1.97. The lowest BCUT2D eigenvalue weighted by molar-refractivity contribution is -0.0149. The van der Waals surface area contributed by atoms with Crippen LogP contribution in [0.3, 0.4) is 0 Å². The SMILES string of the molecule is CC(C)Sc1ccc2c3c(cccc13)C(=O)N(OS(C)(=O)=O)C2=O. The highest BCUT2D eigenvalue weighted by molar-refractivity contribution is 8.00. The predicted molar refractivity (Wildman–Crippen MR) is 91.4 cm³/mol. The zero-order chi connectivity index (χ0) is 17.6. The van der Waals surface area contributed by atoms with Gasteiger partial charge < -0.3 is 0 Å². The molecule has 0 bridgehead atoms. The minimum atomic E-state index is -4.01. The zero-order valence-electron chi connectivity index (χ0n) is 13.3.